The highest BCUT2D eigenvalue weighted by molar-refractivity contribution is 6.30. The van der Waals surface area contributed by atoms with Crippen molar-refractivity contribution in [2.45, 2.75) is 58.2 Å². The van der Waals surface area contributed by atoms with Crippen LogP contribution in [-0.2, 0) is 14.3 Å². The van der Waals surface area contributed by atoms with Gasteiger partial charge in [-0.25, -0.2) is 0 Å². The highest BCUT2D eigenvalue weighted by Gasteiger charge is 2.33. The van der Waals surface area contributed by atoms with Gasteiger partial charge in [-0.15, -0.1) is 13.2 Å². The third kappa shape index (κ3) is 10.6. The van der Waals surface area contributed by atoms with Crippen LogP contribution >= 0.6 is 11.6 Å². The number of carbonyl (C=O) groups excluding carboxylic acids is 3. The molecule has 0 aliphatic rings. The van der Waals surface area contributed by atoms with Crippen molar-refractivity contribution in [2.75, 3.05) is 18.5 Å². The Hall–Kier alpha value is -4.83. The summed E-state index contributed by atoms with van der Waals surface area (Å²) in [6.07, 6.45) is -3.54. The van der Waals surface area contributed by atoms with E-state index in [-0.39, 0.29) is 31.4 Å². The monoisotopic (exact) mass is 694 g/mol. The van der Waals surface area contributed by atoms with Crippen molar-refractivity contribution < 1.29 is 37.0 Å². The quantitative estimate of drug-likeness (QED) is 0.128. The maximum absolute atomic E-state index is 14.1. The van der Waals surface area contributed by atoms with Gasteiger partial charge in [-0.3, -0.25) is 14.4 Å². The average molecular weight is 695 g/mol. The lowest BCUT2D eigenvalue weighted by Gasteiger charge is -2.28. The Labute approximate surface area is 288 Å². The fraction of sp³-hybridized carbons (Fsp3) is 0.289. The molecule has 0 heterocycles. The van der Waals surface area contributed by atoms with Crippen molar-refractivity contribution in [1.82, 2.24) is 5.32 Å². The Morgan fingerprint density at radius 2 is 1.51 bits per heavy atom. The van der Waals surface area contributed by atoms with Gasteiger partial charge >= 0.3 is 12.3 Å². The van der Waals surface area contributed by atoms with Gasteiger partial charge in [-0.1, -0.05) is 67.4 Å². The van der Waals surface area contributed by atoms with Crippen molar-refractivity contribution in [3.8, 4) is 16.9 Å². The molecule has 49 heavy (non-hydrogen) atoms. The smallest absolute Gasteiger partial charge is 0.466 e. The molecule has 0 radical (unpaired) electrons. The van der Waals surface area contributed by atoms with Gasteiger partial charge in [0.25, 0.3) is 5.91 Å². The maximum atomic E-state index is 14.1. The van der Waals surface area contributed by atoms with E-state index in [9.17, 15) is 27.6 Å². The van der Waals surface area contributed by atoms with Gasteiger partial charge < -0.3 is 20.1 Å². The van der Waals surface area contributed by atoms with E-state index in [1.165, 1.54) is 24.3 Å². The van der Waals surface area contributed by atoms with Gasteiger partial charge in [0.05, 0.1) is 18.9 Å². The Balaban J connectivity index is 1.61. The summed E-state index contributed by atoms with van der Waals surface area (Å²) in [5, 5.41) is 6.34. The third-order valence-corrected chi connectivity index (χ3v) is 8.17. The first-order chi connectivity index (χ1) is 23.4. The summed E-state index contributed by atoms with van der Waals surface area (Å²) in [5.41, 5.74) is 5.14. The molecule has 0 unspecified atom stereocenters. The molecule has 0 aromatic heterocycles. The van der Waals surface area contributed by atoms with E-state index in [4.69, 9.17) is 16.3 Å². The third-order valence-electron chi connectivity index (χ3n) is 7.93. The number of alkyl halides is 3. The number of nitrogens with one attached hydrogen (secondary N) is 2. The minimum absolute atomic E-state index is 0.0450. The van der Waals surface area contributed by atoms with E-state index >= 15 is 0 Å². The van der Waals surface area contributed by atoms with Crippen LogP contribution in [-0.4, -0.2) is 37.3 Å². The van der Waals surface area contributed by atoms with Gasteiger partial charge in [0, 0.05) is 22.8 Å². The summed E-state index contributed by atoms with van der Waals surface area (Å²) in [6, 6.07) is 25.1. The van der Waals surface area contributed by atoms with Crippen LogP contribution in [0.15, 0.2) is 91.0 Å². The Morgan fingerprint density at radius 3 is 2.10 bits per heavy atom. The number of esters is 1. The minimum Gasteiger partial charge on any atom is -0.466 e. The van der Waals surface area contributed by atoms with Gasteiger partial charge in [0.15, 0.2) is 0 Å². The molecule has 11 heteroatoms. The molecule has 0 fully saturated rings. The number of hydrogen-bond acceptors (Lipinski definition) is 5. The maximum Gasteiger partial charge on any atom is 0.573 e. The molecular weight excluding hydrogens is 657 g/mol. The molecule has 2 N–H and O–H groups in total. The summed E-state index contributed by atoms with van der Waals surface area (Å²) in [7, 11) is 0. The lowest BCUT2D eigenvalue weighted by Crippen LogP contribution is -2.27. The second kappa shape index (κ2) is 17.0. The molecule has 0 aliphatic heterocycles. The van der Waals surface area contributed by atoms with Gasteiger partial charge in [0.1, 0.15) is 5.75 Å². The number of benzene rings is 4. The van der Waals surface area contributed by atoms with Crippen LogP contribution in [0.3, 0.4) is 0 Å². The summed E-state index contributed by atoms with van der Waals surface area (Å²) in [6.45, 7) is 6.02. The molecule has 4 aromatic carbocycles. The largest absolute Gasteiger partial charge is 0.573 e. The first-order valence-electron chi connectivity index (χ1n) is 16.0. The molecule has 0 aliphatic carbocycles. The summed E-state index contributed by atoms with van der Waals surface area (Å²) in [4.78, 5) is 38.4. The topological polar surface area (TPSA) is 93.7 Å². The Bertz CT molecular complexity index is 1730. The lowest BCUT2D eigenvalue weighted by atomic mass is 9.78. The zero-order valence-electron chi connectivity index (χ0n) is 27.4. The number of ether oxygens (including phenoxy) is 2. The van der Waals surface area contributed by atoms with Crippen molar-refractivity contribution in [1.29, 1.82) is 0 Å². The molecule has 0 saturated carbocycles. The molecule has 258 valence electrons. The second-order valence-electron chi connectivity index (χ2n) is 11.4. The Morgan fingerprint density at radius 1 is 0.857 bits per heavy atom. The highest BCUT2D eigenvalue weighted by atomic mass is 35.5. The number of halogens is 4. The molecule has 4 rings (SSSR count). The molecule has 2 amide bonds. The van der Waals surface area contributed by atoms with Crippen LogP contribution < -0.4 is 15.4 Å². The number of amides is 2. The summed E-state index contributed by atoms with van der Waals surface area (Å²) in [5.74, 6) is -2.71. The van der Waals surface area contributed by atoms with Crippen LogP contribution in [0.1, 0.15) is 72.0 Å². The molecule has 4 aromatic rings. The van der Waals surface area contributed by atoms with Crippen LogP contribution in [0.5, 0.6) is 5.75 Å². The number of anilines is 1. The van der Waals surface area contributed by atoms with Crippen molar-refractivity contribution >= 4 is 35.1 Å². The van der Waals surface area contributed by atoms with E-state index in [0.717, 1.165) is 22.3 Å². The zero-order chi connectivity index (χ0) is 35.6. The van der Waals surface area contributed by atoms with Crippen molar-refractivity contribution in [3.05, 3.63) is 118 Å². The second-order valence-corrected chi connectivity index (χ2v) is 11.9. The predicted octanol–water partition coefficient (Wildman–Crippen LogP) is 9.20. The van der Waals surface area contributed by atoms with E-state index in [1.54, 1.807) is 43.3 Å². The molecule has 0 saturated heterocycles. The van der Waals surface area contributed by atoms with Crippen LogP contribution in [0, 0.1) is 6.92 Å². The molecule has 0 spiro atoms. The zero-order valence-corrected chi connectivity index (χ0v) is 28.2. The average Bonchev–Trinajstić information content (AvgIpc) is 3.05. The molecule has 2 atom stereocenters. The SMILES string of the molecule is CCC[C@H](c1ccc(C(=O)NCCC(=O)OCC)cc1)[C@@H](C(=O)Nc1ccc(-c2ccc(Cl)cc2C)cc1)c1ccc(OC(F)(F)F)cc1. The fourth-order valence-electron chi connectivity index (χ4n) is 5.68. The number of hydrogen-bond donors (Lipinski definition) is 2. The van der Waals surface area contributed by atoms with Crippen LogP contribution in [0.2, 0.25) is 5.02 Å². The molecular formula is C38H38ClF3N2O5. The summed E-state index contributed by atoms with van der Waals surface area (Å²) >= 11 is 6.12. The van der Waals surface area contributed by atoms with E-state index < -0.39 is 29.9 Å². The number of rotatable bonds is 14. The lowest BCUT2D eigenvalue weighted by molar-refractivity contribution is -0.274. The van der Waals surface area contributed by atoms with E-state index in [2.05, 4.69) is 15.4 Å². The molecule has 0 bridgehead atoms. The Kier molecular flexibility index (Phi) is 12.8. The number of carbonyl (C=O) groups is 3. The fourth-order valence-corrected chi connectivity index (χ4v) is 5.91. The summed E-state index contributed by atoms with van der Waals surface area (Å²) < 4.78 is 47.6. The van der Waals surface area contributed by atoms with E-state index in [1.807, 2.05) is 44.2 Å². The van der Waals surface area contributed by atoms with Crippen LogP contribution in [0.4, 0.5) is 18.9 Å². The molecule has 7 nitrogen and oxygen atoms in total. The minimum atomic E-state index is -4.85. The first-order valence-corrected chi connectivity index (χ1v) is 16.3. The predicted molar refractivity (Wildman–Crippen MR) is 184 cm³/mol. The van der Waals surface area contributed by atoms with Gasteiger partial charge in [-0.2, -0.15) is 0 Å². The highest BCUT2D eigenvalue weighted by Crippen LogP contribution is 2.39. The van der Waals surface area contributed by atoms with Crippen molar-refractivity contribution in [3.63, 3.8) is 0 Å². The van der Waals surface area contributed by atoms with E-state index in [0.29, 0.717) is 34.7 Å². The normalized spacial score (nSPS) is 12.5. The first kappa shape index (κ1) is 37.0. The van der Waals surface area contributed by atoms with Gasteiger partial charge in [-0.05, 0) is 103 Å². The van der Waals surface area contributed by atoms with Crippen LogP contribution in [0.25, 0.3) is 11.1 Å². The number of aryl methyl sites for hydroxylation is 1. The standard InChI is InChI=1S/C38H38ClF3N2O5/c1-4-6-33(26-7-9-28(10-8-26)36(46)43-22-21-34(45)48-5-2)35(27-13-18-31(19-14-27)49-38(40,41)42)37(47)44-30-16-11-25(12-17-30)32-20-15-29(39)23-24(32)3/h7-20,23,33,35H,4-6,21-22H2,1-3H3,(H,43,46)(H,44,47)/t33-,35+/m1/s1. The van der Waals surface area contributed by atoms with Crippen molar-refractivity contribution in [2.24, 2.45) is 0 Å². The van der Waals surface area contributed by atoms with Gasteiger partial charge in [0.2, 0.25) is 5.91 Å².